The molecule has 3 rings (SSSR count). The molecule has 0 radical (unpaired) electrons. The topological polar surface area (TPSA) is 58.1 Å². The van der Waals surface area contributed by atoms with Gasteiger partial charge in [-0.15, -0.1) is 10.2 Å². The third kappa shape index (κ3) is 4.98. The van der Waals surface area contributed by atoms with E-state index in [1.54, 1.807) is 0 Å². The van der Waals surface area contributed by atoms with E-state index in [1.807, 2.05) is 23.1 Å². The number of para-hydroxylation sites is 1. The molecule has 0 fully saturated rings. The van der Waals surface area contributed by atoms with Gasteiger partial charge in [0.15, 0.2) is 4.34 Å². The van der Waals surface area contributed by atoms with E-state index in [-0.39, 0.29) is 5.91 Å². The number of nitrogens with one attached hydrogen (secondary N) is 1. The largest absolute Gasteiger partial charge is 0.360 e. The molecule has 7 heteroatoms. The van der Waals surface area contributed by atoms with Crippen LogP contribution in [0.5, 0.6) is 0 Å². The van der Waals surface area contributed by atoms with Crippen LogP contribution in [0, 0.1) is 5.92 Å². The van der Waals surface area contributed by atoms with Crippen molar-refractivity contribution in [3.63, 3.8) is 0 Å². The van der Waals surface area contributed by atoms with Crippen LogP contribution in [0.15, 0.2) is 28.6 Å². The molecule has 1 unspecified atom stereocenters. The standard InChI is InChI=1S/C19H26N4OS2/c1-3-14(2)7-6-11-20-18-21-22-19(26-18)25-13-17(24)23-12-10-15-8-4-5-9-16(15)23/h4-5,8-9,14H,3,6-7,10-13H2,1-2H3,(H,20,21). The summed E-state index contributed by atoms with van der Waals surface area (Å²) in [5.41, 5.74) is 2.31. The Kier molecular flexibility index (Phi) is 6.91. The predicted octanol–water partition coefficient (Wildman–Crippen LogP) is 4.46. The summed E-state index contributed by atoms with van der Waals surface area (Å²) < 4.78 is 0.843. The first-order chi connectivity index (χ1) is 12.7. The van der Waals surface area contributed by atoms with Crippen molar-refractivity contribution in [1.82, 2.24) is 10.2 Å². The number of nitrogens with zero attached hydrogens (tertiary/aromatic N) is 3. The molecule has 1 aliphatic rings. The van der Waals surface area contributed by atoms with Crippen LogP contribution in [0.2, 0.25) is 0 Å². The number of carbonyl (C=O) groups excluding carboxylic acids is 1. The van der Waals surface area contributed by atoms with Crippen molar-refractivity contribution in [3.8, 4) is 0 Å². The van der Waals surface area contributed by atoms with E-state index in [9.17, 15) is 4.79 Å². The molecule has 1 N–H and O–H groups in total. The number of hydrogen-bond acceptors (Lipinski definition) is 6. The van der Waals surface area contributed by atoms with Gasteiger partial charge < -0.3 is 10.2 Å². The normalized spacial score (nSPS) is 14.3. The number of fused-ring (bicyclic) bond motifs is 1. The number of amides is 1. The van der Waals surface area contributed by atoms with Crippen molar-refractivity contribution in [2.24, 2.45) is 5.92 Å². The summed E-state index contributed by atoms with van der Waals surface area (Å²) in [7, 11) is 0. The van der Waals surface area contributed by atoms with Gasteiger partial charge in [0.25, 0.3) is 0 Å². The van der Waals surface area contributed by atoms with Gasteiger partial charge in [-0.25, -0.2) is 0 Å². The zero-order valence-electron chi connectivity index (χ0n) is 15.4. The Morgan fingerprint density at radius 1 is 1.38 bits per heavy atom. The van der Waals surface area contributed by atoms with Gasteiger partial charge >= 0.3 is 0 Å². The van der Waals surface area contributed by atoms with E-state index >= 15 is 0 Å². The number of thioether (sulfide) groups is 1. The van der Waals surface area contributed by atoms with Crippen molar-refractivity contribution in [1.29, 1.82) is 0 Å². The third-order valence-corrected chi connectivity index (χ3v) is 6.76. The minimum absolute atomic E-state index is 0.137. The minimum atomic E-state index is 0.137. The van der Waals surface area contributed by atoms with Crippen molar-refractivity contribution in [2.75, 3.05) is 29.1 Å². The molecule has 1 atom stereocenters. The van der Waals surface area contributed by atoms with Gasteiger partial charge in [-0.2, -0.15) is 0 Å². The molecular weight excluding hydrogens is 364 g/mol. The lowest BCUT2D eigenvalue weighted by Crippen LogP contribution is -2.30. The van der Waals surface area contributed by atoms with Gasteiger partial charge in [0.2, 0.25) is 11.0 Å². The van der Waals surface area contributed by atoms with E-state index in [2.05, 4.69) is 35.4 Å². The molecule has 0 aliphatic carbocycles. The molecule has 1 aromatic heterocycles. The first kappa shape index (κ1) is 19.2. The zero-order chi connectivity index (χ0) is 18.4. The summed E-state index contributed by atoms with van der Waals surface area (Å²) in [6.45, 7) is 6.22. The molecule has 1 aliphatic heterocycles. The van der Waals surface area contributed by atoms with Gasteiger partial charge in [0.05, 0.1) is 5.75 Å². The van der Waals surface area contributed by atoms with Crippen LogP contribution < -0.4 is 10.2 Å². The van der Waals surface area contributed by atoms with Crippen molar-refractivity contribution >= 4 is 39.8 Å². The first-order valence-electron chi connectivity index (χ1n) is 9.25. The van der Waals surface area contributed by atoms with Crippen LogP contribution >= 0.6 is 23.1 Å². The van der Waals surface area contributed by atoms with Crippen LogP contribution in [-0.2, 0) is 11.2 Å². The van der Waals surface area contributed by atoms with Crippen molar-refractivity contribution < 1.29 is 4.79 Å². The highest BCUT2D eigenvalue weighted by Gasteiger charge is 2.24. The van der Waals surface area contributed by atoms with Gasteiger partial charge in [0.1, 0.15) is 0 Å². The predicted molar refractivity (Wildman–Crippen MR) is 110 cm³/mol. The number of benzene rings is 1. The molecular formula is C19H26N4OS2. The Morgan fingerprint density at radius 2 is 2.23 bits per heavy atom. The number of hydrogen-bond donors (Lipinski definition) is 1. The fraction of sp³-hybridized carbons (Fsp3) is 0.526. The molecule has 2 heterocycles. The van der Waals surface area contributed by atoms with Crippen LogP contribution in [-0.4, -0.2) is 34.9 Å². The Bertz CT molecular complexity index is 734. The van der Waals surface area contributed by atoms with E-state index in [4.69, 9.17) is 0 Å². The molecule has 1 amide bonds. The fourth-order valence-corrected chi connectivity index (χ4v) is 4.64. The summed E-state index contributed by atoms with van der Waals surface area (Å²) in [6, 6.07) is 8.14. The first-order valence-corrected chi connectivity index (χ1v) is 11.1. The number of aromatic nitrogens is 2. The number of carbonyl (C=O) groups is 1. The maximum atomic E-state index is 12.5. The highest BCUT2D eigenvalue weighted by atomic mass is 32.2. The van der Waals surface area contributed by atoms with Gasteiger partial charge in [-0.05, 0) is 36.8 Å². The SMILES string of the molecule is CCC(C)CCCNc1nnc(SCC(=O)N2CCc3ccccc32)s1. The van der Waals surface area contributed by atoms with E-state index in [0.29, 0.717) is 5.75 Å². The average molecular weight is 391 g/mol. The monoisotopic (exact) mass is 390 g/mol. The molecule has 5 nitrogen and oxygen atoms in total. The van der Waals surface area contributed by atoms with Gasteiger partial charge in [-0.3, -0.25) is 4.79 Å². The lowest BCUT2D eigenvalue weighted by atomic mass is 10.0. The second kappa shape index (κ2) is 9.37. The molecule has 26 heavy (non-hydrogen) atoms. The fourth-order valence-electron chi connectivity index (χ4n) is 2.99. The second-order valence-electron chi connectivity index (χ2n) is 6.67. The quantitative estimate of drug-likeness (QED) is 0.506. The van der Waals surface area contributed by atoms with Gasteiger partial charge in [-0.1, -0.05) is 61.6 Å². The van der Waals surface area contributed by atoms with Crippen LogP contribution in [0.4, 0.5) is 10.8 Å². The van der Waals surface area contributed by atoms with E-state index < -0.39 is 0 Å². The summed E-state index contributed by atoms with van der Waals surface area (Å²) >= 11 is 3.00. The lowest BCUT2D eigenvalue weighted by Gasteiger charge is -2.16. The molecule has 0 saturated carbocycles. The maximum absolute atomic E-state index is 12.5. The van der Waals surface area contributed by atoms with Crippen LogP contribution in [0.3, 0.4) is 0 Å². The maximum Gasteiger partial charge on any atom is 0.237 e. The second-order valence-corrected chi connectivity index (χ2v) is 8.87. The zero-order valence-corrected chi connectivity index (χ0v) is 17.0. The molecule has 0 saturated heterocycles. The van der Waals surface area contributed by atoms with Crippen LogP contribution in [0.1, 0.15) is 38.7 Å². The summed E-state index contributed by atoms with van der Waals surface area (Å²) in [6.07, 6.45) is 4.55. The molecule has 2 aromatic rings. The Labute approximate surface area is 163 Å². The van der Waals surface area contributed by atoms with Gasteiger partial charge in [0, 0.05) is 18.8 Å². The summed E-state index contributed by atoms with van der Waals surface area (Å²) in [5, 5.41) is 12.5. The minimum Gasteiger partial charge on any atom is -0.360 e. The molecule has 0 bridgehead atoms. The average Bonchev–Trinajstić information content (AvgIpc) is 3.30. The Balaban J connectivity index is 1.43. The van der Waals surface area contributed by atoms with E-state index in [0.717, 1.165) is 47.0 Å². The Morgan fingerprint density at radius 3 is 3.08 bits per heavy atom. The Hall–Kier alpha value is -1.60. The van der Waals surface area contributed by atoms with E-state index in [1.165, 1.54) is 41.5 Å². The lowest BCUT2D eigenvalue weighted by molar-refractivity contribution is -0.116. The molecule has 0 spiro atoms. The highest BCUT2D eigenvalue weighted by molar-refractivity contribution is 8.01. The van der Waals surface area contributed by atoms with Crippen LogP contribution in [0.25, 0.3) is 0 Å². The van der Waals surface area contributed by atoms with Crippen molar-refractivity contribution in [2.45, 2.75) is 43.9 Å². The summed E-state index contributed by atoms with van der Waals surface area (Å²) in [5.74, 6) is 1.31. The molecule has 140 valence electrons. The number of anilines is 2. The third-order valence-electron chi connectivity index (χ3n) is 4.76. The van der Waals surface area contributed by atoms with Crippen molar-refractivity contribution in [3.05, 3.63) is 29.8 Å². The smallest absolute Gasteiger partial charge is 0.237 e. The number of rotatable bonds is 9. The molecule has 1 aromatic carbocycles. The summed E-state index contributed by atoms with van der Waals surface area (Å²) in [4.78, 5) is 14.4. The highest BCUT2D eigenvalue weighted by Crippen LogP contribution is 2.30.